The van der Waals surface area contributed by atoms with Crippen LogP contribution < -0.4 is 16.2 Å². The van der Waals surface area contributed by atoms with Gasteiger partial charge in [0, 0.05) is 11.9 Å². The van der Waals surface area contributed by atoms with Crippen LogP contribution in [0, 0.1) is 12.8 Å². The molecule has 2 heterocycles. The lowest BCUT2D eigenvalue weighted by molar-refractivity contribution is -0.117. The van der Waals surface area contributed by atoms with Crippen LogP contribution in [0.25, 0.3) is 15.9 Å². The van der Waals surface area contributed by atoms with Gasteiger partial charge in [0.2, 0.25) is 5.91 Å². The second-order valence-corrected chi connectivity index (χ2v) is 9.80. The fourth-order valence-electron chi connectivity index (χ4n) is 3.85. The van der Waals surface area contributed by atoms with Gasteiger partial charge in [-0.3, -0.25) is 19.5 Å². The topological polar surface area (TPSA) is 93.1 Å². The van der Waals surface area contributed by atoms with Crippen molar-refractivity contribution in [3.8, 4) is 5.69 Å². The molecule has 1 atom stereocenters. The number of hydrogen-bond donors (Lipinski definition) is 2. The van der Waals surface area contributed by atoms with Gasteiger partial charge in [0.15, 0.2) is 5.16 Å². The fraction of sp³-hybridized carbons (Fsp3) is 0.364. The normalized spacial score (nSPS) is 15.5. The Labute approximate surface area is 188 Å². The molecule has 0 saturated carbocycles. The minimum atomic E-state index is -0.564. The predicted octanol–water partition coefficient (Wildman–Crippen LogP) is 3.43. The molecule has 1 unspecified atom stereocenters. The number of amides is 3. The first-order chi connectivity index (χ1) is 14.9. The Balaban J connectivity index is 1.83. The molecule has 0 aliphatic heterocycles. The van der Waals surface area contributed by atoms with E-state index in [1.165, 1.54) is 11.9 Å². The Morgan fingerprint density at radius 1 is 1.32 bits per heavy atom. The van der Waals surface area contributed by atoms with Gasteiger partial charge in [-0.2, -0.15) is 0 Å². The summed E-state index contributed by atoms with van der Waals surface area (Å²) in [6.07, 6.45) is 2.93. The van der Waals surface area contributed by atoms with Gasteiger partial charge >= 0.3 is 6.03 Å². The van der Waals surface area contributed by atoms with Gasteiger partial charge in [0.25, 0.3) is 5.56 Å². The van der Waals surface area contributed by atoms with Crippen LogP contribution in [0.3, 0.4) is 0 Å². The van der Waals surface area contributed by atoms with Crippen molar-refractivity contribution in [1.82, 2.24) is 20.2 Å². The molecule has 0 saturated heterocycles. The SMILES string of the molecule is CNC(=O)NC(=O)CSc1nc2sc3c(c2c(=O)n1-c1ccccc1C)CCC(C)C3. The van der Waals surface area contributed by atoms with E-state index in [0.29, 0.717) is 16.5 Å². The van der Waals surface area contributed by atoms with E-state index in [1.54, 1.807) is 15.9 Å². The van der Waals surface area contributed by atoms with Crippen molar-refractivity contribution in [2.45, 2.75) is 38.3 Å². The zero-order valence-electron chi connectivity index (χ0n) is 17.7. The summed E-state index contributed by atoms with van der Waals surface area (Å²) in [5, 5.41) is 5.75. The third-order valence-electron chi connectivity index (χ3n) is 5.47. The molecule has 3 aromatic rings. The van der Waals surface area contributed by atoms with Gasteiger partial charge in [-0.1, -0.05) is 36.9 Å². The molecule has 0 spiro atoms. The molecule has 1 aliphatic rings. The Morgan fingerprint density at radius 3 is 2.84 bits per heavy atom. The first-order valence-corrected chi connectivity index (χ1v) is 12.0. The number of aromatic nitrogens is 2. The van der Waals surface area contributed by atoms with E-state index >= 15 is 0 Å². The first-order valence-electron chi connectivity index (χ1n) is 10.2. The van der Waals surface area contributed by atoms with Crippen molar-refractivity contribution in [1.29, 1.82) is 0 Å². The van der Waals surface area contributed by atoms with Crippen LogP contribution in [-0.2, 0) is 17.6 Å². The minimum absolute atomic E-state index is 0.0284. The van der Waals surface area contributed by atoms with Gasteiger partial charge in [-0.15, -0.1) is 11.3 Å². The first kappa shape index (κ1) is 21.6. The molecule has 4 rings (SSSR count). The van der Waals surface area contributed by atoms with Crippen molar-refractivity contribution in [2.75, 3.05) is 12.8 Å². The molecule has 2 aromatic heterocycles. The fourth-order valence-corrected chi connectivity index (χ4v) is 6.08. The van der Waals surface area contributed by atoms with Crippen LogP contribution >= 0.6 is 23.1 Å². The van der Waals surface area contributed by atoms with Crippen molar-refractivity contribution in [2.24, 2.45) is 5.92 Å². The Bertz CT molecular complexity index is 1230. The van der Waals surface area contributed by atoms with Crippen LogP contribution in [0.5, 0.6) is 0 Å². The van der Waals surface area contributed by atoms with Gasteiger partial charge in [-0.25, -0.2) is 9.78 Å². The molecule has 0 bridgehead atoms. The number of benzene rings is 1. The third kappa shape index (κ3) is 4.24. The Hall–Kier alpha value is -2.65. The number of thioether (sulfide) groups is 1. The highest BCUT2D eigenvalue weighted by Crippen LogP contribution is 2.37. The number of carbonyl (C=O) groups excluding carboxylic acids is 2. The van der Waals surface area contributed by atoms with Crippen molar-refractivity contribution >= 4 is 45.3 Å². The van der Waals surface area contributed by atoms with Gasteiger partial charge < -0.3 is 5.32 Å². The Morgan fingerprint density at radius 2 is 2.10 bits per heavy atom. The highest BCUT2D eigenvalue weighted by atomic mass is 32.2. The van der Waals surface area contributed by atoms with E-state index in [-0.39, 0.29) is 11.3 Å². The van der Waals surface area contributed by atoms with E-state index in [2.05, 4.69) is 17.6 Å². The molecule has 31 heavy (non-hydrogen) atoms. The summed E-state index contributed by atoms with van der Waals surface area (Å²) < 4.78 is 1.61. The quantitative estimate of drug-likeness (QED) is 0.463. The van der Waals surface area contributed by atoms with E-state index in [4.69, 9.17) is 4.98 Å². The molecule has 162 valence electrons. The maximum Gasteiger partial charge on any atom is 0.321 e. The summed E-state index contributed by atoms with van der Waals surface area (Å²) in [5.74, 6) is 0.120. The number of imide groups is 1. The standard InChI is InChI=1S/C22H24N4O3S2/c1-12-8-9-14-16(10-12)31-19-18(14)20(28)26(15-7-5-4-6-13(15)2)22(25-19)30-11-17(27)24-21(29)23-3/h4-7,12H,8-11H2,1-3H3,(H2,23,24,27,29). The second-order valence-electron chi connectivity index (χ2n) is 7.77. The molecule has 0 radical (unpaired) electrons. The maximum absolute atomic E-state index is 13.7. The lowest BCUT2D eigenvalue weighted by Crippen LogP contribution is -2.38. The van der Waals surface area contributed by atoms with Crippen molar-refractivity contribution < 1.29 is 9.59 Å². The molecule has 1 aromatic carbocycles. The molecular formula is C22H24N4O3S2. The number of hydrogen-bond acceptors (Lipinski definition) is 6. The smallest absolute Gasteiger partial charge is 0.321 e. The van der Waals surface area contributed by atoms with E-state index in [0.717, 1.165) is 52.7 Å². The summed E-state index contributed by atoms with van der Waals surface area (Å²) in [4.78, 5) is 44.1. The predicted molar refractivity (Wildman–Crippen MR) is 124 cm³/mol. The number of aryl methyl sites for hydroxylation is 2. The third-order valence-corrected chi connectivity index (χ3v) is 7.55. The number of nitrogens with one attached hydrogen (secondary N) is 2. The number of para-hydroxylation sites is 1. The molecule has 1 aliphatic carbocycles. The van der Waals surface area contributed by atoms with E-state index in [9.17, 15) is 14.4 Å². The van der Waals surface area contributed by atoms with Crippen LogP contribution in [0.1, 0.15) is 29.3 Å². The van der Waals surface area contributed by atoms with Gasteiger partial charge in [0.1, 0.15) is 4.83 Å². The molecular weight excluding hydrogens is 432 g/mol. The van der Waals surface area contributed by atoms with Gasteiger partial charge in [-0.05, 0) is 49.3 Å². The minimum Gasteiger partial charge on any atom is -0.341 e. The number of urea groups is 1. The number of rotatable bonds is 4. The zero-order valence-corrected chi connectivity index (χ0v) is 19.3. The molecule has 7 nitrogen and oxygen atoms in total. The maximum atomic E-state index is 13.7. The Kier molecular flexibility index (Phi) is 6.15. The molecule has 2 N–H and O–H groups in total. The zero-order chi connectivity index (χ0) is 22.1. The van der Waals surface area contributed by atoms with Crippen molar-refractivity contribution in [3.05, 3.63) is 50.6 Å². The highest BCUT2D eigenvalue weighted by molar-refractivity contribution is 7.99. The average molecular weight is 457 g/mol. The lowest BCUT2D eigenvalue weighted by Gasteiger charge is -2.18. The van der Waals surface area contributed by atoms with E-state index < -0.39 is 11.9 Å². The summed E-state index contributed by atoms with van der Waals surface area (Å²) >= 11 is 2.74. The van der Waals surface area contributed by atoms with Crippen LogP contribution in [0.2, 0.25) is 0 Å². The number of fused-ring (bicyclic) bond motifs is 3. The van der Waals surface area contributed by atoms with Crippen LogP contribution in [-0.4, -0.2) is 34.3 Å². The molecule has 3 amide bonds. The van der Waals surface area contributed by atoms with Crippen LogP contribution in [0.15, 0.2) is 34.2 Å². The summed E-state index contributed by atoms with van der Waals surface area (Å²) in [7, 11) is 1.44. The number of nitrogens with zero attached hydrogens (tertiary/aromatic N) is 2. The largest absolute Gasteiger partial charge is 0.341 e. The van der Waals surface area contributed by atoms with Crippen molar-refractivity contribution in [3.63, 3.8) is 0 Å². The van der Waals surface area contributed by atoms with Crippen LogP contribution in [0.4, 0.5) is 4.79 Å². The number of thiophene rings is 1. The average Bonchev–Trinajstić information content (AvgIpc) is 3.10. The number of carbonyl (C=O) groups is 2. The lowest BCUT2D eigenvalue weighted by atomic mass is 9.89. The summed E-state index contributed by atoms with van der Waals surface area (Å²) in [5.41, 5.74) is 2.73. The molecule has 9 heteroatoms. The van der Waals surface area contributed by atoms with E-state index in [1.807, 2.05) is 31.2 Å². The highest BCUT2D eigenvalue weighted by Gasteiger charge is 2.25. The monoisotopic (exact) mass is 456 g/mol. The second kappa shape index (κ2) is 8.84. The molecule has 0 fully saturated rings. The summed E-state index contributed by atoms with van der Waals surface area (Å²) in [6, 6.07) is 7.08. The summed E-state index contributed by atoms with van der Waals surface area (Å²) in [6.45, 7) is 4.18. The van der Waals surface area contributed by atoms with Gasteiger partial charge in [0.05, 0.1) is 16.8 Å².